The average molecular weight is 407 g/mol. The molecule has 2 aromatic carbocycles. The number of tetrazole rings is 1. The molecular weight excluding hydrogens is 386 g/mol. The van der Waals surface area contributed by atoms with E-state index in [0.29, 0.717) is 17.4 Å². The zero-order chi connectivity index (χ0) is 20.7. The minimum absolute atomic E-state index is 0.229. The molecule has 1 aliphatic heterocycles. The van der Waals surface area contributed by atoms with E-state index in [4.69, 9.17) is 14.3 Å². The Morgan fingerprint density at radius 1 is 1.20 bits per heavy atom. The molecule has 0 spiro atoms. The van der Waals surface area contributed by atoms with Crippen LogP contribution in [0.3, 0.4) is 0 Å². The molecule has 0 N–H and O–H groups in total. The molecule has 1 aliphatic carbocycles. The van der Waals surface area contributed by atoms with Crippen LogP contribution in [0.4, 0.5) is 0 Å². The van der Waals surface area contributed by atoms with Gasteiger partial charge >= 0.3 is 5.69 Å². The number of aromatic nitrogens is 4. The van der Waals surface area contributed by atoms with Crippen molar-refractivity contribution in [3.63, 3.8) is 0 Å². The van der Waals surface area contributed by atoms with Gasteiger partial charge in [0.05, 0.1) is 11.4 Å². The van der Waals surface area contributed by atoms with E-state index in [1.807, 2.05) is 37.3 Å². The summed E-state index contributed by atoms with van der Waals surface area (Å²) in [5.41, 5.74) is 4.05. The molecule has 9 heteroatoms. The lowest BCUT2D eigenvalue weighted by molar-refractivity contribution is 0.129. The summed E-state index contributed by atoms with van der Waals surface area (Å²) < 4.78 is 13.3. The monoisotopic (exact) mass is 407 g/mol. The Labute approximate surface area is 172 Å². The van der Waals surface area contributed by atoms with Crippen molar-refractivity contribution in [2.75, 3.05) is 6.79 Å². The van der Waals surface area contributed by atoms with E-state index >= 15 is 0 Å². The molecule has 3 aromatic rings. The van der Waals surface area contributed by atoms with E-state index in [9.17, 15) is 4.79 Å². The number of oxime groups is 1. The van der Waals surface area contributed by atoms with Crippen LogP contribution < -0.4 is 15.2 Å². The quantitative estimate of drug-likeness (QED) is 0.461. The molecule has 2 heterocycles. The Bertz CT molecular complexity index is 1190. The van der Waals surface area contributed by atoms with E-state index in [1.54, 1.807) is 7.05 Å². The van der Waals surface area contributed by atoms with Gasteiger partial charge in [-0.1, -0.05) is 17.3 Å². The minimum Gasteiger partial charge on any atom is -0.454 e. The van der Waals surface area contributed by atoms with E-state index in [2.05, 4.69) is 21.6 Å². The molecule has 0 amide bonds. The first kappa shape index (κ1) is 18.4. The number of ether oxygens (including phenoxy) is 2. The van der Waals surface area contributed by atoms with E-state index in [0.717, 1.165) is 35.4 Å². The fourth-order valence-electron chi connectivity index (χ4n) is 3.56. The van der Waals surface area contributed by atoms with Crippen molar-refractivity contribution in [1.82, 2.24) is 19.8 Å². The third kappa shape index (κ3) is 3.32. The van der Waals surface area contributed by atoms with Crippen molar-refractivity contribution in [3.8, 4) is 17.2 Å². The zero-order valence-electron chi connectivity index (χ0n) is 16.7. The fraction of sp³-hybridized carbons (Fsp3) is 0.333. The van der Waals surface area contributed by atoms with Gasteiger partial charge in [-0.3, -0.25) is 0 Å². The Morgan fingerprint density at radius 3 is 2.80 bits per heavy atom. The summed E-state index contributed by atoms with van der Waals surface area (Å²) >= 11 is 0. The second-order valence-electron chi connectivity index (χ2n) is 7.43. The van der Waals surface area contributed by atoms with Gasteiger partial charge in [0.1, 0.15) is 6.61 Å². The molecule has 30 heavy (non-hydrogen) atoms. The largest absolute Gasteiger partial charge is 0.454 e. The van der Waals surface area contributed by atoms with Crippen LogP contribution >= 0.6 is 0 Å². The lowest BCUT2D eigenvalue weighted by atomic mass is 10.0. The average Bonchev–Trinajstić information content (AvgIpc) is 3.40. The lowest BCUT2D eigenvalue weighted by Gasteiger charge is -2.13. The number of hydrogen-bond acceptors (Lipinski definition) is 7. The normalized spacial score (nSPS) is 15.5. The zero-order valence-corrected chi connectivity index (χ0v) is 16.7. The maximum Gasteiger partial charge on any atom is 0.368 e. The van der Waals surface area contributed by atoms with Crippen molar-refractivity contribution in [3.05, 3.63) is 63.6 Å². The van der Waals surface area contributed by atoms with Crippen LogP contribution in [-0.4, -0.2) is 32.3 Å². The molecule has 1 saturated carbocycles. The molecule has 5 rings (SSSR count). The summed E-state index contributed by atoms with van der Waals surface area (Å²) in [5.74, 6) is 1.91. The topological polar surface area (TPSA) is 92.8 Å². The molecule has 1 fully saturated rings. The summed E-state index contributed by atoms with van der Waals surface area (Å²) in [4.78, 5) is 18.1. The van der Waals surface area contributed by atoms with Gasteiger partial charge in [-0.15, -0.1) is 0 Å². The van der Waals surface area contributed by atoms with Crippen LogP contribution in [0.15, 0.2) is 46.3 Å². The third-order valence-electron chi connectivity index (χ3n) is 5.36. The van der Waals surface area contributed by atoms with Gasteiger partial charge in [-0.2, -0.15) is 9.36 Å². The minimum atomic E-state index is -0.302. The maximum absolute atomic E-state index is 12.4. The molecule has 9 nitrogen and oxygen atoms in total. The van der Waals surface area contributed by atoms with Crippen LogP contribution in [0.2, 0.25) is 0 Å². The van der Waals surface area contributed by atoms with Gasteiger partial charge < -0.3 is 14.3 Å². The van der Waals surface area contributed by atoms with Gasteiger partial charge in [0.2, 0.25) is 6.79 Å². The summed E-state index contributed by atoms with van der Waals surface area (Å²) in [6.45, 7) is 2.33. The second kappa shape index (κ2) is 7.33. The smallest absolute Gasteiger partial charge is 0.368 e. The number of nitrogens with zero attached hydrogens (tertiary/aromatic N) is 5. The number of rotatable bonds is 6. The van der Waals surface area contributed by atoms with Gasteiger partial charge in [0.15, 0.2) is 11.5 Å². The van der Waals surface area contributed by atoms with Crippen LogP contribution in [0.25, 0.3) is 5.69 Å². The number of fused-ring (bicyclic) bond motifs is 1. The number of hydrogen-bond donors (Lipinski definition) is 0. The molecule has 0 unspecified atom stereocenters. The maximum atomic E-state index is 12.4. The Hall–Kier alpha value is -3.62. The SMILES string of the molecule is CC(=NOCc1c(C2CC2)cccc1-n1nnn(C)c1=O)c1ccc2c(c1)OCO2. The Kier molecular flexibility index (Phi) is 4.50. The highest BCUT2D eigenvalue weighted by Crippen LogP contribution is 2.43. The summed E-state index contributed by atoms with van der Waals surface area (Å²) in [6.07, 6.45) is 2.26. The number of aryl methyl sites for hydroxylation is 1. The van der Waals surface area contributed by atoms with Crippen molar-refractivity contribution in [2.24, 2.45) is 12.2 Å². The molecule has 0 radical (unpaired) electrons. The Morgan fingerprint density at radius 2 is 2.03 bits per heavy atom. The first-order chi connectivity index (χ1) is 14.6. The third-order valence-corrected chi connectivity index (χ3v) is 5.36. The summed E-state index contributed by atoms with van der Waals surface area (Å²) in [6, 6.07) is 11.5. The second-order valence-corrected chi connectivity index (χ2v) is 7.43. The van der Waals surface area contributed by atoms with E-state index in [1.165, 1.54) is 14.9 Å². The van der Waals surface area contributed by atoms with Crippen LogP contribution in [-0.2, 0) is 18.5 Å². The molecule has 0 atom stereocenters. The van der Waals surface area contributed by atoms with E-state index < -0.39 is 0 Å². The standard InChI is InChI=1S/C21H21N5O4/c1-13(15-8-9-19-20(10-15)29-12-28-19)22-30-11-17-16(14-6-7-14)4-3-5-18(17)26-21(27)25(2)23-24-26/h3-5,8-10,14H,6-7,11-12H2,1-2H3. The fourth-order valence-corrected chi connectivity index (χ4v) is 3.56. The summed E-state index contributed by atoms with van der Waals surface area (Å²) in [5, 5.41) is 12.1. The predicted molar refractivity (Wildman–Crippen MR) is 108 cm³/mol. The molecule has 0 bridgehead atoms. The van der Waals surface area contributed by atoms with Crippen LogP contribution in [0.5, 0.6) is 11.5 Å². The van der Waals surface area contributed by atoms with Crippen molar-refractivity contribution in [1.29, 1.82) is 0 Å². The predicted octanol–water partition coefficient (Wildman–Crippen LogP) is 2.51. The van der Waals surface area contributed by atoms with Crippen molar-refractivity contribution >= 4 is 5.71 Å². The first-order valence-electron chi connectivity index (χ1n) is 9.79. The Balaban J connectivity index is 1.42. The van der Waals surface area contributed by atoms with Crippen molar-refractivity contribution < 1.29 is 14.3 Å². The highest BCUT2D eigenvalue weighted by molar-refractivity contribution is 5.98. The first-order valence-corrected chi connectivity index (χ1v) is 9.79. The highest BCUT2D eigenvalue weighted by Gasteiger charge is 2.28. The van der Waals surface area contributed by atoms with E-state index in [-0.39, 0.29) is 19.1 Å². The van der Waals surface area contributed by atoms with Crippen molar-refractivity contribution in [2.45, 2.75) is 32.3 Å². The van der Waals surface area contributed by atoms with Gasteiger partial charge in [-0.25, -0.2) is 4.79 Å². The molecule has 0 saturated heterocycles. The molecular formula is C21H21N5O4. The van der Waals surface area contributed by atoms with Gasteiger partial charge in [0, 0.05) is 18.2 Å². The van der Waals surface area contributed by atoms with Gasteiger partial charge in [-0.05, 0) is 65.9 Å². The highest BCUT2D eigenvalue weighted by atomic mass is 16.7. The molecule has 1 aromatic heterocycles. The summed E-state index contributed by atoms with van der Waals surface area (Å²) in [7, 11) is 1.58. The van der Waals surface area contributed by atoms with Crippen LogP contribution in [0, 0.1) is 0 Å². The molecule has 2 aliphatic rings. The number of benzene rings is 2. The van der Waals surface area contributed by atoms with Gasteiger partial charge in [0.25, 0.3) is 0 Å². The lowest BCUT2D eigenvalue weighted by Crippen LogP contribution is -2.23. The van der Waals surface area contributed by atoms with Crippen LogP contribution in [0.1, 0.15) is 42.4 Å². The molecule has 154 valence electrons.